The number of thiazole rings is 1. The third-order valence-electron chi connectivity index (χ3n) is 2.82. The molecule has 0 N–H and O–H groups in total. The van der Waals surface area contributed by atoms with Gasteiger partial charge in [-0.05, 0) is 31.0 Å². The van der Waals surface area contributed by atoms with E-state index in [0.29, 0.717) is 0 Å². The van der Waals surface area contributed by atoms with E-state index in [1.54, 1.807) is 11.3 Å². The van der Waals surface area contributed by atoms with Gasteiger partial charge in [-0.2, -0.15) is 0 Å². The number of benzene rings is 1. The lowest BCUT2D eigenvalue weighted by Crippen LogP contribution is -2.13. The largest absolute Gasteiger partial charge is 0.469 e. The van der Waals surface area contributed by atoms with Crippen molar-refractivity contribution in [2.24, 2.45) is 0 Å². The molecule has 0 saturated carbocycles. The molecule has 1 heterocycles. The van der Waals surface area contributed by atoms with Crippen LogP contribution in [0.2, 0.25) is 0 Å². The smallest absolute Gasteiger partial charge is 0.313 e. The predicted molar refractivity (Wildman–Crippen MR) is 69.4 cm³/mol. The Morgan fingerprint density at radius 2 is 2.29 bits per heavy atom. The van der Waals surface area contributed by atoms with Crippen molar-refractivity contribution in [2.75, 3.05) is 7.11 Å². The molecule has 0 spiro atoms. The summed E-state index contributed by atoms with van der Waals surface area (Å²) in [4.78, 5) is 16.1. The van der Waals surface area contributed by atoms with Crippen molar-refractivity contribution in [3.8, 4) is 0 Å². The van der Waals surface area contributed by atoms with Crippen LogP contribution in [0.15, 0.2) is 18.2 Å². The number of ether oxygens (including phenoxy) is 1. The highest BCUT2D eigenvalue weighted by atomic mass is 32.1. The Morgan fingerprint density at radius 1 is 1.53 bits per heavy atom. The van der Waals surface area contributed by atoms with Crippen molar-refractivity contribution in [3.63, 3.8) is 0 Å². The summed E-state index contributed by atoms with van der Waals surface area (Å²) in [5.41, 5.74) is 2.01. The summed E-state index contributed by atoms with van der Waals surface area (Å²) in [5, 5.41) is 1.04. The maximum Gasteiger partial charge on any atom is 0.313 e. The van der Waals surface area contributed by atoms with Crippen LogP contribution >= 0.6 is 11.3 Å². The van der Waals surface area contributed by atoms with Gasteiger partial charge < -0.3 is 4.74 Å². The van der Waals surface area contributed by atoms with E-state index in [1.807, 2.05) is 32.0 Å². The molecule has 0 radical (unpaired) electrons. The Hall–Kier alpha value is -1.42. The monoisotopic (exact) mass is 249 g/mol. The van der Waals surface area contributed by atoms with Crippen LogP contribution in [-0.2, 0) is 9.53 Å². The molecule has 0 aliphatic heterocycles. The predicted octanol–water partition coefficient (Wildman–Crippen LogP) is 3.27. The van der Waals surface area contributed by atoms with E-state index in [2.05, 4.69) is 4.98 Å². The van der Waals surface area contributed by atoms with Gasteiger partial charge in [-0.3, -0.25) is 4.79 Å². The molecule has 0 amide bonds. The Balaban J connectivity index is 2.43. The van der Waals surface area contributed by atoms with Gasteiger partial charge in [-0.1, -0.05) is 13.0 Å². The van der Waals surface area contributed by atoms with E-state index in [9.17, 15) is 4.79 Å². The highest BCUT2D eigenvalue weighted by Gasteiger charge is 2.19. The third-order valence-corrected chi connectivity index (χ3v) is 3.75. The minimum atomic E-state index is -0.174. The van der Waals surface area contributed by atoms with Crippen LogP contribution in [0.3, 0.4) is 0 Å². The summed E-state index contributed by atoms with van der Waals surface area (Å²) in [6.45, 7) is 3.98. The van der Waals surface area contributed by atoms with E-state index >= 15 is 0 Å². The molecule has 0 aliphatic rings. The van der Waals surface area contributed by atoms with Crippen molar-refractivity contribution in [1.82, 2.24) is 4.98 Å². The van der Waals surface area contributed by atoms with E-state index in [1.165, 1.54) is 7.11 Å². The maximum absolute atomic E-state index is 11.7. The number of methoxy groups -OCH3 is 1. The molecule has 0 saturated heterocycles. The fourth-order valence-electron chi connectivity index (χ4n) is 1.95. The summed E-state index contributed by atoms with van der Waals surface area (Å²) in [6, 6.07) is 5.98. The van der Waals surface area contributed by atoms with Crippen LogP contribution in [0.5, 0.6) is 0 Å². The Labute approximate surface area is 104 Å². The van der Waals surface area contributed by atoms with Crippen LogP contribution in [0, 0.1) is 6.92 Å². The molecular formula is C13H15NO2S. The summed E-state index contributed by atoms with van der Waals surface area (Å²) in [5.74, 6) is -0.347. The van der Waals surface area contributed by atoms with Crippen LogP contribution in [0.1, 0.15) is 29.8 Å². The Bertz CT molecular complexity index is 547. The fourth-order valence-corrected chi connectivity index (χ4v) is 2.83. The summed E-state index contributed by atoms with van der Waals surface area (Å²) >= 11 is 1.65. The van der Waals surface area contributed by atoms with Gasteiger partial charge >= 0.3 is 5.97 Å². The Kier molecular flexibility index (Phi) is 3.43. The maximum atomic E-state index is 11.7. The standard InChI is InChI=1S/C13H15NO2S/c1-4-10(13(15)16-3)9-5-6-11-12(7-9)17-8(2)14-11/h5-7,10H,4H2,1-3H3. The number of esters is 1. The lowest BCUT2D eigenvalue weighted by atomic mass is 9.96. The van der Waals surface area contributed by atoms with Crippen molar-refractivity contribution in [1.29, 1.82) is 0 Å². The van der Waals surface area contributed by atoms with Gasteiger partial charge in [0.15, 0.2) is 0 Å². The number of aromatic nitrogens is 1. The molecule has 0 bridgehead atoms. The minimum Gasteiger partial charge on any atom is -0.469 e. The van der Waals surface area contributed by atoms with Crippen molar-refractivity contribution in [2.45, 2.75) is 26.2 Å². The number of carbonyl (C=O) groups is 1. The second-order valence-electron chi connectivity index (χ2n) is 3.94. The molecule has 1 unspecified atom stereocenters. The van der Waals surface area contributed by atoms with Crippen molar-refractivity contribution in [3.05, 3.63) is 28.8 Å². The normalized spacial score (nSPS) is 12.6. The SMILES string of the molecule is CCC(C(=O)OC)c1ccc2nc(C)sc2c1. The number of hydrogen-bond donors (Lipinski definition) is 0. The van der Waals surface area contributed by atoms with Crippen LogP contribution in [0.4, 0.5) is 0 Å². The first-order valence-electron chi connectivity index (χ1n) is 5.60. The lowest BCUT2D eigenvalue weighted by molar-refractivity contribution is -0.142. The summed E-state index contributed by atoms with van der Waals surface area (Å²) < 4.78 is 5.95. The number of hydrogen-bond acceptors (Lipinski definition) is 4. The zero-order chi connectivity index (χ0) is 12.4. The average Bonchev–Trinajstić information content (AvgIpc) is 2.69. The second-order valence-corrected chi connectivity index (χ2v) is 5.18. The molecule has 1 atom stereocenters. The van der Waals surface area contributed by atoms with Gasteiger partial charge in [0.1, 0.15) is 0 Å². The van der Waals surface area contributed by atoms with Gasteiger partial charge in [-0.25, -0.2) is 4.98 Å². The zero-order valence-electron chi connectivity index (χ0n) is 10.2. The first-order valence-corrected chi connectivity index (χ1v) is 6.42. The molecule has 3 nitrogen and oxygen atoms in total. The van der Waals surface area contributed by atoms with Crippen LogP contribution < -0.4 is 0 Å². The second kappa shape index (κ2) is 4.84. The van der Waals surface area contributed by atoms with E-state index in [-0.39, 0.29) is 11.9 Å². The lowest BCUT2D eigenvalue weighted by Gasteiger charge is -2.12. The highest BCUT2D eigenvalue weighted by molar-refractivity contribution is 7.18. The fraction of sp³-hybridized carbons (Fsp3) is 0.385. The molecular weight excluding hydrogens is 234 g/mol. The molecule has 2 aromatic rings. The molecule has 2 rings (SSSR count). The topological polar surface area (TPSA) is 39.2 Å². The van der Waals surface area contributed by atoms with E-state index < -0.39 is 0 Å². The first kappa shape index (κ1) is 12.0. The van der Waals surface area contributed by atoms with Crippen molar-refractivity contribution < 1.29 is 9.53 Å². The van der Waals surface area contributed by atoms with E-state index in [0.717, 1.165) is 27.2 Å². The summed E-state index contributed by atoms with van der Waals surface area (Å²) in [6.07, 6.45) is 0.746. The van der Waals surface area contributed by atoms with E-state index in [4.69, 9.17) is 4.74 Å². The third kappa shape index (κ3) is 2.31. The zero-order valence-corrected chi connectivity index (χ0v) is 11.0. The molecule has 1 aromatic heterocycles. The van der Waals surface area contributed by atoms with Gasteiger partial charge in [-0.15, -0.1) is 11.3 Å². The molecule has 90 valence electrons. The average molecular weight is 249 g/mol. The molecule has 17 heavy (non-hydrogen) atoms. The number of carbonyl (C=O) groups excluding carboxylic acids is 1. The summed E-state index contributed by atoms with van der Waals surface area (Å²) in [7, 11) is 1.43. The van der Waals surface area contributed by atoms with Gasteiger partial charge in [0, 0.05) is 0 Å². The van der Waals surface area contributed by atoms with Crippen molar-refractivity contribution >= 4 is 27.5 Å². The number of fused-ring (bicyclic) bond motifs is 1. The molecule has 0 aliphatic carbocycles. The molecule has 0 fully saturated rings. The van der Waals surface area contributed by atoms with Gasteiger partial charge in [0.05, 0.1) is 28.3 Å². The first-order chi connectivity index (χ1) is 8.15. The molecule has 1 aromatic carbocycles. The Morgan fingerprint density at radius 3 is 2.94 bits per heavy atom. The van der Waals surface area contributed by atoms with Crippen LogP contribution in [-0.4, -0.2) is 18.1 Å². The highest BCUT2D eigenvalue weighted by Crippen LogP contribution is 2.28. The number of nitrogens with zero attached hydrogens (tertiary/aromatic N) is 1. The number of rotatable bonds is 3. The number of aryl methyl sites for hydroxylation is 1. The van der Waals surface area contributed by atoms with Gasteiger partial charge in [0.2, 0.25) is 0 Å². The van der Waals surface area contributed by atoms with Crippen LogP contribution in [0.25, 0.3) is 10.2 Å². The molecule has 4 heteroatoms. The quantitative estimate of drug-likeness (QED) is 0.784. The van der Waals surface area contributed by atoms with Gasteiger partial charge in [0.25, 0.3) is 0 Å². The minimum absolute atomic E-state index is 0.173.